The van der Waals surface area contributed by atoms with Gasteiger partial charge in [0.25, 0.3) is 0 Å². The second kappa shape index (κ2) is 8.16. The third-order valence-electron chi connectivity index (χ3n) is 1.56. The van der Waals surface area contributed by atoms with Crippen molar-refractivity contribution in [2.75, 3.05) is 0 Å². The van der Waals surface area contributed by atoms with Crippen LogP contribution in [0.25, 0.3) is 0 Å². The van der Waals surface area contributed by atoms with Gasteiger partial charge in [-0.25, -0.2) is 0 Å². The average Bonchev–Trinajstić information content (AvgIpc) is 1.63. The number of hydrogen-bond acceptors (Lipinski definition) is 0. The van der Waals surface area contributed by atoms with Crippen molar-refractivity contribution in [1.82, 2.24) is 0 Å². The first-order valence-electron chi connectivity index (χ1n) is 4.13. The van der Waals surface area contributed by atoms with E-state index in [1.165, 1.54) is 10.6 Å². The van der Waals surface area contributed by atoms with Gasteiger partial charge in [0.15, 0.2) is 17.4 Å². The largest absolute Gasteiger partial charge is 0.237 e. The van der Waals surface area contributed by atoms with Gasteiger partial charge >= 0.3 is 0 Å². The summed E-state index contributed by atoms with van der Waals surface area (Å²) in [6, 6.07) is 0. The normalized spacial score (nSPS) is 9.80. The SMILES string of the molecule is CC(C)[CH2][AlH][CH2]C(C)C.[AlH3]. The molecule has 0 saturated heterocycles. The maximum atomic E-state index is 2.33. The number of hydrogen-bond donors (Lipinski definition) is 0. The Hall–Kier alpha value is 1.06. The Kier molecular flexibility index (Phi) is 11.1. The maximum Gasteiger partial charge on any atom is 0.237 e. The van der Waals surface area contributed by atoms with Gasteiger partial charge in [-0.15, -0.1) is 0 Å². The Morgan fingerprint density at radius 1 is 0.900 bits per heavy atom. The lowest BCUT2D eigenvalue weighted by atomic mass is 10.3. The first-order valence-corrected chi connectivity index (χ1v) is 6.13. The highest BCUT2D eigenvalue weighted by atomic mass is 27.1. The van der Waals surface area contributed by atoms with E-state index in [2.05, 4.69) is 27.7 Å². The summed E-state index contributed by atoms with van der Waals surface area (Å²) >= 11 is 0.316. The quantitative estimate of drug-likeness (QED) is 0.562. The minimum atomic E-state index is 0. The summed E-state index contributed by atoms with van der Waals surface area (Å²) < 4.78 is 0. The fraction of sp³-hybridized carbons (Fsp3) is 1.00. The van der Waals surface area contributed by atoms with Crippen LogP contribution in [-0.4, -0.2) is 32.6 Å². The predicted octanol–water partition coefficient (Wildman–Crippen LogP) is 1.39. The van der Waals surface area contributed by atoms with Gasteiger partial charge in [0.2, 0.25) is 15.2 Å². The fourth-order valence-electron chi connectivity index (χ4n) is 0.934. The molecule has 0 N–H and O–H groups in total. The van der Waals surface area contributed by atoms with Crippen LogP contribution in [0.2, 0.25) is 10.6 Å². The smallest absolute Gasteiger partial charge is 0.0950 e. The third-order valence-corrected chi connectivity index (χ3v) is 4.69. The molecule has 10 heavy (non-hydrogen) atoms. The Morgan fingerprint density at radius 3 is 1.40 bits per heavy atom. The summed E-state index contributed by atoms with van der Waals surface area (Å²) in [6.45, 7) is 9.31. The van der Waals surface area contributed by atoms with E-state index < -0.39 is 0 Å². The maximum absolute atomic E-state index is 2.33. The molecule has 0 rings (SSSR count). The van der Waals surface area contributed by atoms with Crippen molar-refractivity contribution in [1.29, 1.82) is 0 Å². The van der Waals surface area contributed by atoms with Crippen LogP contribution in [0.5, 0.6) is 0 Å². The van der Waals surface area contributed by atoms with Crippen LogP contribution in [0.1, 0.15) is 27.7 Å². The van der Waals surface area contributed by atoms with E-state index in [4.69, 9.17) is 0 Å². The van der Waals surface area contributed by atoms with Crippen molar-refractivity contribution < 1.29 is 0 Å². The van der Waals surface area contributed by atoms with Crippen LogP contribution in [0.4, 0.5) is 0 Å². The zero-order valence-corrected chi connectivity index (χ0v) is 8.69. The predicted molar refractivity (Wildman–Crippen MR) is 56.4 cm³/mol. The molecule has 0 spiro atoms. The van der Waals surface area contributed by atoms with Gasteiger partial charge < -0.3 is 0 Å². The van der Waals surface area contributed by atoms with Crippen LogP contribution >= 0.6 is 0 Å². The molecule has 0 heterocycles. The van der Waals surface area contributed by atoms with Gasteiger partial charge in [0.1, 0.15) is 0 Å². The molecule has 0 amide bonds. The van der Waals surface area contributed by atoms with E-state index in [0.29, 0.717) is 15.2 Å². The molecule has 0 unspecified atom stereocenters. The molecule has 0 atom stereocenters. The zero-order valence-electron chi connectivity index (χ0n) is 7.28. The molecule has 0 aliphatic carbocycles. The molecule has 0 nitrogen and oxygen atoms in total. The van der Waals surface area contributed by atoms with E-state index in [9.17, 15) is 0 Å². The van der Waals surface area contributed by atoms with Crippen molar-refractivity contribution in [2.24, 2.45) is 11.8 Å². The van der Waals surface area contributed by atoms with Crippen LogP contribution in [0.15, 0.2) is 0 Å². The molecule has 0 aromatic carbocycles. The van der Waals surface area contributed by atoms with E-state index >= 15 is 0 Å². The van der Waals surface area contributed by atoms with Gasteiger partial charge in [-0.3, -0.25) is 0 Å². The molecule has 2 heteroatoms. The Labute approximate surface area is 82.6 Å². The summed E-state index contributed by atoms with van der Waals surface area (Å²) in [6.07, 6.45) is 0. The van der Waals surface area contributed by atoms with Crippen molar-refractivity contribution in [2.45, 2.75) is 38.3 Å². The average molecular weight is 172 g/mol. The molecule has 0 saturated carbocycles. The van der Waals surface area contributed by atoms with Gasteiger partial charge in [-0.05, 0) is 0 Å². The van der Waals surface area contributed by atoms with Crippen LogP contribution in [0.3, 0.4) is 0 Å². The topological polar surface area (TPSA) is 0 Å². The molecule has 0 aromatic rings. The van der Waals surface area contributed by atoms with Crippen molar-refractivity contribution in [3.8, 4) is 0 Å². The lowest BCUT2D eigenvalue weighted by Crippen LogP contribution is -1.99. The molecule has 0 aliphatic heterocycles. The fourth-order valence-corrected chi connectivity index (χ4v) is 2.80. The lowest BCUT2D eigenvalue weighted by Gasteiger charge is -2.03. The molecular formula is C8H22Al2. The van der Waals surface area contributed by atoms with Gasteiger partial charge in [0.05, 0.1) is 0 Å². The van der Waals surface area contributed by atoms with Crippen molar-refractivity contribution in [3.63, 3.8) is 0 Å². The highest BCUT2D eigenvalue weighted by molar-refractivity contribution is 6.35. The molecule has 0 bridgehead atoms. The minimum absolute atomic E-state index is 0. The third kappa shape index (κ3) is 11.8. The van der Waals surface area contributed by atoms with E-state index in [0.717, 1.165) is 11.8 Å². The standard InChI is InChI=1S/2C4H9.2Al.4H/c2*1-4(2)3;;;;;;/h2*4H,1H2,2-3H3;;;;;;. The lowest BCUT2D eigenvalue weighted by molar-refractivity contribution is 0.700. The Bertz CT molecular complexity index is 52.3. The van der Waals surface area contributed by atoms with Gasteiger partial charge in [0, 0.05) is 0 Å². The molecule has 0 aromatic heterocycles. The van der Waals surface area contributed by atoms with Gasteiger partial charge in [-0.1, -0.05) is 50.1 Å². The van der Waals surface area contributed by atoms with Crippen molar-refractivity contribution >= 4 is 32.6 Å². The summed E-state index contributed by atoms with van der Waals surface area (Å²) in [5, 5.41) is 3.08. The van der Waals surface area contributed by atoms with E-state index in [1.54, 1.807) is 0 Å². The first-order chi connectivity index (χ1) is 4.13. The minimum Gasteiger partial charge on any atom is -0.0950 e. The molecule has 0 aliphatic rings. The second-order valence-corrected chi connectivity index (χ2v) is 5.58. The first kappa shape index (κ1) is 13.6. The van der Waals surface area contributed by atoms with Crippen LogP contribution in [-0.2, 0) is 0 Å². The Morgan fingerprint density at radius 2 is 1.20 bits per heavy atom. The monoisotopic (exact) mass is 172 g/mol. The zero-order chi connectivity index (χ0) is 7.28. The molecule has 60 valence electrons. The highest BCUT2D eigenvalue weighted by Gasteiger charge is 1.99. The molecule has 0 fully saturated rings. The van der Waals surface area contributed by atoms with E-state index in [-0.39, 0.29) is 17.4 Å². The number of rotatable bonds is 4. The molecule has 0 radical (unpaired) electrons. The summed E-state index contributed by atoms with van der Waals surface area (Å²) in [7, 11) is 0. The van der Waals surface area contributed by atoms with Crippen LogP contribution < -0.4 is 0 Å². The molecular weight excluding hydrogens is 150 g/mol. The summed E-state index contributed by atoms with van der Waals surface area (Å²) in [5.41, 5.74) is 0. The van der Waals surface area contributed by atoms with E-state index in [1.807, 2.05) is 0 Å². The summed E-state index contributed by atoms with van der Waals surface area (Å²) in [5.74, 6) is 1.91. The van der Waals surface area contributed by atoms with Crippen LogP contribution in [0, 0.1) is 11.8 Å². The second-order valence-electron chi connectivity index (χ2n) is 3.72. The van der Waals surface area contributed by atoms with Gasteiger partial charge in [-0.2, -0.15) is 0 Å². The summed E-state index contributed by atoms with van der Waals surface area (Å²) in [4.78, 5) is 0. The van der Waals surface area contributed by atoms with Crippen molar-refractivity contribution in [3.05, 3.63) is 0 Å². The highest BCUT2D eigenvalue weighted by Crippen LogP contribution is 2.05. The Balaban J connectivity index is 0.